The van der Waals surface area contributed by atoms with Crippen molar-refractivity contribution in [2.24, 2.45) is 0 Å². The van der Waals surface area contributed by atoms with Crippen LogP contribution in [0.5, 0.6) is 0 Å². The van der Waals surface area contributed by atoms with Gasteiger partial charge in [-0.25, -0.2) is 0 Å². The third-order valence-corrected chi connectivity index (χ3v) is 7.46. The van der Waals surface area contributed by atoms with Crippen LogP contribution in [-0.2, 0) is 20.8 Å². The molecule has 1 aliphatic heterocycles. The van der Waals surface area contributed by atoms with Gasteiger partial charge in [0.05, 0.1) is 9.52 Å². The van der Waals surface area contributed by atoms with E-state index in [-0.39, 0.29) is 0 Å². The number of aryl methyl sites for hydroxylation is 4. The Morgan fingerprint density at radius 3 is 2.23 bits per heavy atom. The Balaban J connectivity index is 0.000000156. The van der Waals surface area contributed by atoms with Gasteiger partial charge >= 0.3 is 37.9 Å². The molecule has 2 radical (unpaired) electrons. The van der Waals surface area contributed by atoms with Crippen molar-refractivity contribution in [3.8, 4) is 22.3 Å². The minimum absolute atomic E-state index is 0.795. The SMILES string of the molecule is Cc1cc(C)cc(-c2c(C)ccc3[cH-]c(C)cc23)c1.[Cl][Zr+2][Cl].[c-]1cccc2c1[Si]c1ccccc1-2. The van der Waals surface area contributed by atoms with Gasteiger partial charge in [-0.05, 0) is 26.3 Å². The molecule has 172 valence electrons. The fourth-order valence-corrected chi connectivity index (χ4v) is 6.08. The van der Waals surface area contributed by atoms with Gasteiger partial charge in [-0.15, -0.1) is 40.1 Å². The Morgan fingerprint density at radius 1 is 0.800 bits per heavy atom. The topological polar surface area (TPSA) is 0 Å². The van der Waals surface area contributed by atoms with Gasteiger partial charge in [0.15, 0.2) is 0 Å². The van der Waals surface area contributed by atoms with Crippen LogP contribution in [0, 0.1) is 33.8 Å². The molecule has 0 amide bonds. The molecule has 0 bridgehead atoms. The van der Waals surface area contributed by atoms with Gasteiger partial charge < -0.3 is 0 Å². The second-order valence-corrected chi connectivity index (χ2v) is 13.9. The Kier molecular flexibility index (Phi) is 8.95. The molecule has 0 fully saturated rings. The predicted molar refractivity (Wildman–Crippen MR) is 151 cm³/mol. The number of halogens is 2. The van der Waals surface area contributed by atoms with Crippen LogP contribution in [0.4, 0.5) is 0 Å². The zero-order valence-electron chi connectivity index (χ0n) is 20.3. The van der Waals surface area contributed by atoms with Crippen molar-refractivity contribution in [1.29, 1.82) is 0 Å². The Bertz CT molecular complexity index is 1400. The fourth-order valence-electron chi connectivity index (χ4n) is 4.77. The predicted octanol–water partition coefficient (Wildman–Crippen LogP) is 7.96. The molecule has 0 unspecified atom stereocenters. The summed E-state index contributed by atoms with van der Waals surface area (Å²) in [6.45, 7) is 8.71. The standard InChI is InChI=1S/C19H19.C12H7Si.2ClH.Zr/c1-12-7-13(2)10-17(9-12)19-15(4)5-6-16-8-14(3)11-18(16)19;1-3-7-11-9(5-1)10-6-2-4-8-12(10)13-11;;;/h5-11H,1-4H3;1-7H;2*1H;/q2*-1;;;+4/p-2. The van der Waals surface area contributed by atoms with Crippen molar-refractivity contribution in [3.63, 3.8) is 0 Å². The molecule has 6 rings (SSSR count). The van der Waals surface area contributed by atoms with Crippen molar-refractivity contribution in [2.75, 3.05) is 0 Å². The van der Waals surface area contributed by atoms with E-state index in [2.05, 4.69) is 113 Å². The summed E-state index contributed by atoms with van der Waals surface area (Å²) in [6, 6.07) is 34.0. The third-order valence-electron chi connectivity index (χ3n) is 6.09. The second-order valence-electron chi connectivity index (χ2n) is 8.87. The molecule has 1 heterocycles. The van der Waals surface area contributed by atoms with Gasteiger partial charge in [-0.3, -0.25) is 0 Å². The molecular formula is C31H26Cl2SiZr. The van der Waals surface area contributed by atoms with E-state index >= 15 is 0 Å². The molecule has 0 saturated heterocycles. The number of hydrogen-bond donors (Lipinski definition) is 0. The molecule has 5 aromatic carbocycles. The third kappa shape index (κ3) is 6.12. The van der Waals surface area contributed by atoms with Crippen LogP contribution < -0.4 is 10.4 Å². The molecule has 0 spiro atoms. The summed E-state index contributed by atoms with van der Waals surface area (Å²) in [4.78, 5) is 0. The van der Waals surface area contributed by atoms with Crippen LogP contribution in [0.15, 0.2) is 84.9 Å². The Labute approximate surface area is 230 Å². The minimum atomic E-state index is -0.826. The van der Waals surface area contributed by atoms with Crippen LogP contribution in [0.1, 0.15) is 22.3 Å². The molecule has 0 nitrogen and oxygen atoms in total. The normalized spacial score (nSPS) is 10.9. The number of hydrogen-bond acceptors (Lipinski definition) is 0. The van der Waals surface area contributed by atoms with E-state index in [9.17, 15) is 0 Å². The monoisotopic (exact) mass is 586 g/mol. The Hall–Kier alpha value is -1.83. The molecule has 0 N–H and O–H groups in total. The van der Waals surface area contributed by atoms with Gasteiger partial charge in [0.2, 0.25) is 0 Å². The summed E-state index contributed by atoms with van der Waals surface area (Å²) >= 11 is -0.826. The molecule has 5 aromatic rings. The van der Waals surface area contributed by atoms with Crippen molar-refractivity contribution in [2.45, 2.75) is 27.7 Å². The van der Waals surface area contributed by atoms with E-state index < -0.39 is 20.8 Å². The summed E-state index contributed by atoms with van der Waals surface area (Å²) in [7, 11) is 10.7. The summed E-state index contributed by atoms with van der Waals surface area (Å²) in [5.41, 5.74) is 10.8. The number of rotatable bonds is 1. The largest absolute Gasteiger partial charge is 0.184 e. The maximum Gasteiger partial charge on any atom is 0.0920 e. The molecule has 0 aliphatic carbocycles. The van der Waals surface area contributed by atoms with Crippen molar-refractivity contribution < 1.29 is 20.8 Å². The number of fused-ring (bicyclic) bond motifs is 4. The summed E-state index contributed by atoms with van der Waals surface area (Å²) in [6.07, 6.45) is 0. The summed E-state index contributed by atoms with van der Waals surface area (Å²) in [5.74, 6) is 0. The molecule has 0 atom stereocenters. The van der Waals surface area contributed by atoms with Gasteiger partial charge in [0.25, 0.3) is 0 Å². The van der Waals surface area contributed by atoms with E-state index in [1.54, 1.807) is 0 Å². The average molecular weight is 589 g/mol. The first-order valence-corrected chi connectivity index (χ1v) is 18.8. The van der Waals surface area contributed by atoms with E-state index in [4.69, 9.17) is 17.0 Å². The maximum absolute atomic E-state index is 4.93. The molecule has 0 aromatic heterocycles. The fraction of sp³-hybridized carbons (Fsp3) is 0.129. The Morgan fingerprint density at radius 2 is 1.49 bits per heavy atom. The second kappa shape index (κ2) is 11.9. The quantitative estimate of drug-likeness (QED) is 0.135. The van der Waals surface area contributed by atoms with E-state index in [1.807, 2.05) is 6.07 Å². The van der Waals surface area contributed by atoms with Crippen LogP contribution >= 0.6 is 17.0 Å². The van der Waals surface area contributed by atoms with E-state index in [0.29, 0.717) is 0 Å². The van der Waals surface area contributed by atoms with E-state index in [1.165, 1.54) is 65.7 Å². The molecule has 1 aliphatic rings. The molecule has 0 saturated carbocycles. The smallest absolute Gasteiger partial charge is 0.0920 e. The molecular weight excluding hydrogens is 563 g/mol. The van der Waals surface area contributed by atoms with Crippen molar-refractivity contribution in [3.05, 3.63) is 113 Å². The zero-order valence-corrected chi connectivity index (χ0v) is 25.3. The van der Waals surface area contributed by atoms with Crippen molar-refractivity contribution >= 4 is 47.7 Å². The average Bonchev–Trinajstić information content (AvgIpc) is 3.39. The summed E-state index contributed by atoms with van der Waals surface area (Å²) < 4.78 is 0. The minimum Gasteiger partial charge on any atom is -0.184 e. The molecule has 4 heteroatoms. The zero-order chi connectivity index (χ0) is 24.9. The summed E-state index contributed by atoms with van der Waals surface area (Å²) in [5, 5.41) is 5.54. The van der Waals surface area contributed by atoms with Crippen molar-refractivity contribution in [1.82, 2.24) is 0 Å². The van der Waals surface area contributed by atoms with Gasteiger partial charge in [-0.2, -0.15) is 35.5 Å². The first kappa shape index (κ1) is 26.2. The van der Waals surface area contributed by atoms with Gasteiger partial charge in [0.1, 0.15) is 0 Å². The van der Waals surface area contributed by atoms with Crippen LogP contribution in [0.25, 0.3) is 33.0 Å². The first-order chi connectivity index (χ1) is 16.9. The number of benzene rings is 4. The van der Waals surface area contributed by atoms with Crippen LogP contribution in [-0.4, -0.2) is 9.52 Å². The van der Waals surface area contributed by atoms with Crippen LogP contribution in [0.2, 0.25) is 0 Å². The van der Waals surface area contributed by atoms with E-state index in [0.717, 1.165) is 9.52 Å². The van der Waals surface area contributed by atoms with Gasteiger partial charge in [-0.1, -0.05) is 82.4 Å². The molecule has 35 heavy (non-hydrogen) atoms. The van der Waals surface area contributed by atoms with Gasteiger partial charge in [0, 0.05) is 0 Å². The van der Waals surface area contributed by atoms with Crippen LogP contribution in [0.3, 0.4) is 0 Å². The first-order valence-electron chi connectivity index (χ1n) is 11.5. The maximum atomic E-state index is 4.93.